The van der Waals surface area contributed by atoms with Crippen LogP contribution in [0.25, 0.3) is 0 Å². The number of oxime groups is 1. The van der Waals surface area contributed by atoms with E-state index < -0.39 is 42.2 Å². The quantitative estimate of drug-likeness (QED) is 0.771. The minimum atomic E-state index is -5.31. The van der Waals surface area contributed by atoms with Gasteiger partial charge in [-0.2, -0.15) is 13.2 Å². The number of benzene rings is 1. The molecule has 0 saturated heterocycles. The number of nitrogens with one attached hydrogen (secondary N) is 1. The normalized spacial score (nSPS) is 20.6. The first-order valence-corrected chi connectivity index (χ1v) is 7.71. The second-order valence-corrected chi connectivity index (χ2v) is 6.21. The molecule has 2 N–H and O–H groups in total. The number of rotatable bonds is 5. The Kier molecular flexibility index (Phi) is 5.57. The molecule has 0 fully saturated rings. The van der Waals surface area contributed by atoms with E-state index >= 15 is 0 Å². The van der Waals surface area contributed by atoms with E-state index in [2.05, 4.69) is 9.99 Å². The van der Waals surface area contributed by atoms with Crippen molar-refractivity contribution in [3.8, 4) is 0 Å². The van der Waals surface area contributed by atoms with Gasteiger partial charge in [0.05, 0.1) is 6.42 Å². The van der Waals surface area contributed by atoms with Crippen molar-refractivity contribution in [2.75, 3.05) is 0 Å². The molecule has 12 heteroatoms. The van der Waals surface area contributed by atoms with Crippen molar-refractivity contribution in [1.29, 1.82) is 0 Å². The van der Waals surface area contributed by atoms with E-state index in [0.717, 1.165) is 0 Å². The number of carboxylic acid groups (broad SMARTS) is 1. The number of amides is 1. The molecule has 2 unspecified atom stereocenters. The first-order valence-electron chi connectivity index (χ1n) is 6.96. The van der Waals surface area contributed by atoms with Crippen molar-refractivity contribution >= 4 is 41.0 Å². The molecular formula is C14H11Cl2F3N2O5. The first-order chi connectivity index (χ1) is 11.9. The Morgan fingerprint density at radius 3 is 2.38 bits per heavy atom. The summed E-state index contributed by atoms with van der Waals surface area (Å²) in [4.78, 5) is 27.0. The van der Waals surface area contributed by atoms with Crippen LogP contribution in [0, 0.1) is 0 Å². The van der Waals surface area contributed by atoms with E-state index in [1.54, 1.807) is 0 Å². The van der Waals surface area contributed by atoms with Gasteiger partial charge in [-0.05, 0) is 30.3 Å². The molecule has 1 heterocycles. The summed E-state index contributed by atoms with van der Waals surface area (Å²) in [7, 11) is 0. The van der Waals surface area contributed by atoms with E-state index in [1.165, 1.54) is 25.1 Å². The highest BCUT2D eigenvalue weighted by Gasteiger charge is 2.70. The van der Waals surface area contributed by atoms with Crippen molar-refractivity contribution < 1.29 is 37.4 Å². The summed E-state index contributed by atoms with van der Waals surface area (Å²) in [5.41, 5.74) is -0.0417. The number of carbonyl (C=O) groups is 2. The van der Waals surface area contributed by atoms with Gasteiger partial charge in [0, 0.05) is 21.7 Å². The van der Waals surface area contributed by atoms with Gasteiger partial charge in [-0.3, -0.25) is 9.59 Å². The summed E-state index contributed by atoms with van der Waals surface area (Å²) < 4.78 is 45.1. The largest absolute Gasteiger partial charge is 0.481 e. The SMILES string of the molecule is CC(CC(=O)O)NC(=O)C1(C(F)(F)F)ON=C(c2cc(Cl)cc(Cl)c2)O1. The molecule has 0 spiro atoms. The molecule has 26 heavy (non-hydrogen) atoms. The zero-order valence-corrected chi connectivity index (χ0v) is 14.4. The fourth-order valence-electron chi connectivity index (χ4n) is 2.03. The highest BCUT2D eigenvalue weighted by Crippen LogP contribution is 2.40. The van der Waals surface area contributed by atoms with Gasteiger partial charge < -0.3 is 20.0 Å². The zero-order chi connectivity index (χ0) is 19.7. The van der Waals surface area contributed by atoms with Crippen molar-refractivity contribution in [3.63, 3.8) is 0 Å². The monoisotopic (exact) mass is 414 g/mol. The van der Waals surface area contributed by atoms with Crippen molar-refractivity contribution in [2.24, 2.45) is 5.16 Å². The average molecular weight is 415 g/mol. The Morgan fingerprint density at radius 2 is 1.88 bits per heavy atom. The van der Waals surface area contributed by atoms with E-state index in [0.29, 0.717) is 0 Å². The van der Waals surface area contributed by atoms with E-state index in [1.807, 2.05) is 5.32 Å². The maximum absolute atomic E-state index is 13.5. The highest BCUT2D eigenvalue weighted by atomic mass is 35.5. The molecule has 0 aliphatic carbocycles. The lowest BCUT2D eigenvalue weighted by Gasteiger charge is -2.27. The number of alkyl halides is 3. The lowest BCUT2D eigenvalue weighted by molar-refractivity contribution is -0.324. The van der Waals surface area contributed by atoms with Gasteiger partial charge in [-0.25, -0.2) is 0 Å². The van der Waals surface area contributed by atoms with Crippen LogP contribution in [-0.2, 0) is 19.2 Å². The number of halogens is 5. The maximum Gasteiger partial charge on any atom is 0.480 e. The molecule has 0 aromatic heterocycles. The average Bonchev–Trinajstić information content (AvgIpc) is 2.91. The second kappa shape index (κ2) is 7.20. The van der Waals surface area contributed by atoms with Gasteiger partial charge in [-0.1, -0.05) is 23.2 Å². The van der Waals surface area contributed by atoms with Crippen LogP contribution in [0.4, 0.5) is 13.2 Å². The van der Waals surface area contributed by atoms with Gasteiger partial charge in [-0.15, -0.1) is 0 Å². The third-order valence-electron chi connectivity index (χ3n) is 3.14. The molecule has 1 amide bonds. The Labute approximate surface area is 154 Å². The van der Waals surface area contributed by atoms with Crippen molar-refractivity contribution in [2.45, 2.75) is 31.3 Å². The number of carbonyl (C=O) groups excluding carboxylic acids is 1. The van der Waals surface area contributed by atoms with Crippen LogP contribution >= 0.6 is 23.2 Å². The molecular weight excluding hydrogens is 404 g/mol. The third kappa shape index (κ3) is 4.13. The lowest BCUT2D eigenvalue weighted by Crippen LogP contribution is -2.60. The van der Waals surface area contributed by atoms with Crippen LogP contribution in [0.3, 0.4) is 0 Å². The van der Waals surface area contributed by atoms with Crippen LogP contribution in [0.5, 0.6) is 0 Å². The minimum Gasteiger partial charge on any atom is -0.481 e. The number of hydrogen-bond donors (Lipinski definition) is 2. The van der Waals surface area contributed by atoms with E-state index in [9.17, 15) is 22.8 Å². The van der Waals surface area contributed by atoms with Crippen LogP contribution in [0.1, 0.15) is 18.9 Å². The Bertz CT molecular complexity index is 751. The topological polar surface area (TPSA) is 97.2 Å². The van der Waals surface area contributed by atoms with Gasteiger partial charge in [0.2, 0.25) is 0 Å². The smallest absolute Gasteiger partial charge is 0.480 e. The summed E-state index contributed by atoms with van der Waals surface area (Å²) in [6.07, 6.45) is -5.91. The molecule has 1 aromatic carbocycles. The predicted octanol–water partition coefficient (Wildman–Crippen LogP) is 2.94. The standard InChI is InChI=1S/C14H11Cl2F3N2O5/c1-6(2-10(22)23)20-12(24)13(14(17,18)19)25-11(21-26-13)7-3-8(15)5-9(16)4-7/h3-6H,2H2,1H3,(H,20,24)(H,22,23). The zero-order valence-electron chi connectivity index (χ0n) is 12.9. The van der Waals surface area contributed by atoms with Gasteiger partial charge in [0.1, 0.15) is 0 Å². The maximum atomic E-state index is 13.5. The lowest BCUT2D eigenvalue weighted by atomic mass is 10.1. The molecule has 1 aliphatic heterocycles. The van der Waals surface area contributed by atoms with Crippen LogP contribution in [-0.4, -0.2) is 40.9 Å². The van der Waals surface area contributed by atoms with E-state index in [-0.39, 0.29) is 15.6 Å². The fourth-order valence-corrected chi connectivity index (χ4v) is 2.55. The van der Waals surface area contributed by atoms with E-state index in [4.69, 9.17) is 33.0 Å². The first kappa shape index (κ1) is 20.1. The van der Waals surface area contributed by atoms with Crippen LogP contribution < -0.4 is 5.32 Å². The summed E-state index contributed by atoms with van der Waals surface area (Å²) in [6, 6.07) is 2.65. The Hall–Kier alpha value is -2.20. The predicted molar refractivity (Wildman–Crippen MR) is 83.8 cm³/mol. The molecule has 0 radical (unpaired) electrons. The van der Waals surface area contributed by atoms with Crippen LogP contribution in [0.15, 0.2) is 23.4 Å². The van der Waals surface area contributed by atoms with Crippen molar-refractivity contribution in [3.05, 3.63) is 33.8 Å². The minimum absolute atomic E-state index is 0.0417. The Morgan fingerprint density at radius 1 is 1.31 bits per heavy atom. The molecule has 1 aliphatic rings. The molecule has 0 bridgehead atoms. The fraction of sp³-hybridized carbons (Fsp3) is 0.357. The van der Waals surface area contributed by atoms with Gasteiger partial charge in [0.15, 0.2) is 0 Å². The summed E-state index contributed by atoms with van der Waals surface area (Å²) >= 11 is 11.6. The summed E-state index contributed by atoms with van der Waals surface area (Å²) in [6.45, 7) is 1.21. The molecule has 1 aromatic rings. The molecule has 7 nitrogen and oxygen atoms in total. The highest BCUT2D eigenvalue weighted by molar-refractivity contribution is 6.35. The summed E-state index contributed by atoms with van der Waals surface area (Å²) in [5.74, 6) is -7.47. The Balaban J connectivity index is 2.28. The summed E-state index contributed by atoms with van der Waals surface area (Å²) in [5, 5.41) is 13.9. The number of aliphatic carboxylic acids is 1. The number of nitrogens with zero attached hydrogens (tertiary/aromatic N) is 1. The second-order valence-electron chi connectivity index (χ2n) is 5.33. The number of ether oxygens (including phenoxy) is 1. The molecule has 0 saturated carbocycles. The molecule has 2 rings (SSSR count). The van der Waals surface area contributed by atoms with Crippen LogP contribution in [0.2, 0.25) is 10.0 Å². The van der Waals surface area contributed by atoms with Gasteiger partial charge in [0.25, 0.3) is 5.90 Å². The van der Waals surface area contributed by atoms with Crippen molar-refractivity contribution in [1.82, 2.24) is 5.32 Å². The molecule has 142 valence electrons. The van der Waals surface area contributed by atoms with Gasteiger partial charge >= 0.3 is 23.8 Å². The molecule has 2 atom stereocenters. The number of hydrogen-bond acceptors (Lipinski definition) is 5. The number of carboxylic acids is 1. The third-order valence-corrected chi connectivity index (χ3v) is 3.57.